The topological polar surface area (TPSA) is 99.6 Å². The molecule has 0 bridgehead atoms. The van der Waals surface area contributed by atoms with Gasteiger partial charge in [0.1, 0.15) is 5.69 Å². The lowest BCUT2D eigenvalue weighted by atomic mass is 9.97. The molecule has 6 rings (SSSR count). The molecule has 0 spiro atoms. The molecule has 1 N–H and O–H groups in total. The molecule has 0 unspecified atom stereocenters. The Labute approximate surface area is 200 Å². The van der Waals surface area contributed by atoms with Crippen molar-refractivity contribution in [2.45, 2.75) is 26.4 Å². The highest BCUT2D eigenvalue weighted by Gasteiger charge is 2.36. The number of hydrogen-bond donors (Lipinski definition) is 1. The minimum atomic E-state index is -0.442. The van der Waals surface area contributed by atoms with E-state index in [1.165, 1.54) is 0 Å². The number of para-hydroxylation sites is 1. The Morgan fingerprint density at radius 3 is 2.63 bits per heavy atom. The van der Waals surface area contributed by atoms with E-state index >= 15 is 0 Å². The van der Waals surface area contributed by atoms with Gasteiger partial charge < -0.3 is 9.13 Å². The minimum Gasteiger partial charge on any atom is -0.347 e. The number of hydrogen-bond acceptors (Lipinski definition) is 5. The fraction of sp³-hybridized carbons (Fsp3) is 0.192. The Morgan fingerprint density at radius 1 is 0.971 bits per heavy atom. The van der Waals surface area contributed by atoms with Crippen LogP contribution in [0, 0.1) is 6.92 Å². The summed E-state index contributed by atoms with van der Waals surface area (Å²) >= 11 is 0. The van der Waals surface area contributed by atoms with Gasteiger partial charge in [0.25, 0.3) is 11.8 Å². The van der Waals surface area contributed by atoms with Crippen LogP contribution in [-0.4, -0.2) is 40.7 Å². The van der Waals surface area contributed by atoms with Gasteiger partial charge in [0.2, 0.25) is 0 Å². The number of carbonyl (C=O) groups is 2. The first-order valence-corrected chi connectivity index (χ1v) is 11.5. The summed E-state index contributed by atoms with van der Waals surface area (Å²) in [5.74, 6) is -0.853. The lowest BCUT2D eigenvalue weighted by molar-refractivity contribution is -0.122. The zero-order chi connectivity index (χ0) is 24.1. The van der Waals surface area contributed by atoms with E-state index in [-0.39, 0.29) is 5.57 Å². The third-order valence-electron chi connectivity index (χ3n) is 6.51. The van der Waals surface area contributed by atoms with Gasteiger partial charge in [-0.25, -0.2) is 14.6 Å². The third-order valence-corrected chi connectivity index (χ3v) is 6.51. The van der Waals surface area contributed by atoms with Crippen LogP contribution in [0.2, 0.25) is 0 Å². The molecule has 9 heteroatoms. The zero-order valence-corrected chi connectivity index (χ0v) is 19.4. The first kappa shape index (κ1) is 21.0. The Bertz CT molecular complexity index is 1650. The van der Waals surface area contributed by atoms with E-state index in [1.807, 2.05) is 41.5 Å². The molecular weight excluding hydrogens is 442 g/mol. The Hall–Kier alpha value is -4.53. The molecule has 0 saturated carbocycles. The lowest BCUT2D eigenvalue weighted by Gasteiger charge is -2.07. The van der Waals surface area contributed by atoms with Crippen LogP contribution in [0.25, 0.3) is 33.1 Å². The highest BCUT2D eigenvalue weighted by Crippen LogP contribution is 2.38. The number of fused-ring (bicyclic) bond motifs is 2. The summed E-state index contributed by atoms with van der Waals surface area (Å²) in [6.45, 7) is 3.65. The highest BCUT2D eigenvalue weighted by atomic mass is 16.2. The fourth-order valence-electron chi connectivity index (χ4n) is 4.98. The quantitative estimate of drug-likeness (QED) is 0.389. The number of carbonyl (C=O) groups excluding carboxylic acids is 2. The highest BCUT2D eigenvalue weighted by molar-refractivity contribution is 6.50. The van der Waals surface area contributed by atoms with E-state index in [9.17, 15) is 9.59 Å². The summed E-state index contributed by atoms with van der Waals surface area (Å²) in [7, 11) is 1.78. The van der Waals surface area contributed by atoms with E-state index in [4.69, 9.17) is 0 Å². The van der Waals surface area contributed by atoms with Crippen molar-refractivity contribution in [1.82, 2.24) is 34.2 Å². The maximum absolute atomic E-state index is 13.2. The van der Waals surface area contributed by atoms with Crippen molar-refractivity contribution in [1.29, 1.82) is 0 Å². The van der Waals surface area contributed by atoms with Gasteiger partial charge in [0.15, 0.2) is 5.65 Å². The molecule has 0 saturated heterocycles. The van der Waals surface area contributed by atoms with Crippen LogP contribution in [0.1, 0.15) is 23.2 Å². The zero-order valence-electron chi connectivity index (χ0n) is 19.4. The second-order valence-electron chi connectivity index (χ2n) is 8.74. The minimum absolute atomic E-state index is 0.285. The van der Waals surface area contributed by atoms with E-state index in [0.29, 0.717) is 16.9 Å². The SMILES string of the molecule is Cc1cccc2c(C3=C(c4nn(C)c5ncccc45)C(=O)NC3=O)cn(CCCn3ccnc3)c12. The van der Waals surface area contributed by atoms with Crippen LogP contribution in [0.3, 0.4) is 0 Å². The molecule has 0 radical (unpaired) electrons. The number of imide groups is 1. The van der Waals surface area contributed by atoms with Gasteiger partial charge >= 0.3 is 0 Å². The van der Waals surface area contributed by atoms with E-state index in [1.54, 1.807) is 30.2 Å². The third kappa shape index (κ3) is 3.35. The van der Waals surface area contributed by atoms with Crippen LogP contribution < -0.4 is 5.32 Å². The number of pyridine rings is 1. The van der Waals surface area contributed by atoms with Crippen LogP contribution in [-0.2, 0) is 29.7 Å². The molecular formula is C26H23N7O2. The number of aromatic nitrogens is 6. The molecule has 0 fully saturated rings. The predicted octanol–water partition coefficient (Wildman–Crippen LogP) is 3.09. The van der Waals surface area contributed by atoms with E-state index in [2.05, 4.69) is 37.9 Å². The fourth-order valence-corrected chi connectivity index (χ4v) is 4.98. The van der Waals surface area contributed by atoms with Gasteiger partial charge in [-0.05, 0) is 31.0 Å². The van der Waals surface area contributed by atoms with Crippen LogP contribution in [0.5, 0.6) is 0 Å². The lowest BCUT2D eigenvalue weighted by Crippen LogP contribution is -2.22. The number of nitrogens with zero attached hydrogens (tertiary/aromatic N) is 6. The van der Waals surface area contributed by atoms with Gasteiger partial charge in [-0.3, -0.25) is 14.9 Å². The van der Waals surface area contributed by atoms with E-state index in [0.717, 1.165) is 46.9 Å². The van der Waals surface area contributed by atoms with Crippen molar-refractivity contribution in [2.75, 3.05) is 0 Å². The van der Waals surface area contributed by atoms with Crippen LogP contribution in [0.4, 0.5) is 0 Å². The summed E-state index contributed by atoms with van der Waals surface area (Å²) in [6.07, 6.45) is 10.1. The molecule has 9 nitrogen and oxygen atoms in total. The number of rotatable bonds is 6. The molecule has 1 aliphatic heterocycles. The first-order chi connectivity index (χ1) is 17.0. The maximum atomic E-state index is 13.2. The number of nitrogens with one attached hydrogen (secondary N) is 1. The first-order valence-electron chi connectivity index (χ1n) is 11.5. The van der Waals surface area contributed by atoms with Gasteiger partial charge in [0.05, 0.1) is 23.0 Å². The summed E-state index contributed by atoms with van der Waals surface area (Å²) in [4.78, 5) is 34.7. The molecule has 174 valence electrons. The second-order valence-corrected chi connectivity index (χ2v) is 8.74. The van der Waals surface area contributed by atoms with Crippen LogP contribution in [0.15, 0.2) is 61.4 Å². The second kappa shape index (κ2) is 8.05. The normalized spacial score (nSPS) is 14.0. The molecule has 5 heterocycles. The van der Waals surface area contributed by atoms with Crippen LogP contribution >= 0.6 is 0 Å². The largest absolute Gasteiger partial charge is 0.347 e. The summed E-state index contributed by atoms with van der Waals surface area (Å²) < 4.78 is 5.86. The summed E-state index contributed by atoms with van der Waals surface area (Å²) in [6, 6.07) is 9.72. The van der Waals surface area contributed by atoms with Crippen molar-refractivity contribution in [3.63, 3.8) is 0 Å². The average molecular weight is 466 g/mol. The number of aryl methyl sites for hydroxylation is 4. The average Bonchev–Trinajstić information content (AvgIpc) is 3.61. The van der Waals surface area contributed by atoms with Gasteiger partial charge in [0, 0.05) is 61.3 Å². The van der Waals surface area contributed by atoms with Crippen molar-refractivity contribution < 1.29 is 9.59 Å². The van der Waals surface area contributed by atoms with Gasteiger partial charge in [-0.15, -0.1) is 0 Å². The maximum Gasteiger partial charge on any atom is 0.261 e. The van der Waals surface area contributed by atoms with Crippen molar-refractivity contribution in [3.05, 3.63) is 78.3 Å². The molecule has 35 heavy (non-hydrogen) atoms. The monoisotopic (exact) mass is 465 g/mol. The predicted molar refractivity (Wildman–Crippen MR) is 132 cm³/mol. The molecule has 1 aromatic carbocycles. The van der Waals surface area contributed by atoms with Crippen molar-refractivity contribution in [3.8, 4) is 0 Å². The number of imidazole rings is 1. The summed E-state index contributed by atoms with van der Waals surface area (Å²) in [5.41, 5.74) is 4.64. The van der Waals surface area contributed by atoms with E-state index < -0.39 is 11.8 Å². The Kier molecular flexibility index (Phi) is 4.84. The molecule has 4 aromatic heterocycles. The standard InChI is InChI=1S/C26H23N7O2/c1-16-6-3-7-17-19(14-33(23(16)17)12-5-11-32-13-10-27-15-32)20-21(26(35)29-25(20)34)22-18-8-4-9-28-24(18)31(2)30-22/h3-4,6-10,13-15H,5,11-12H2,1-2H3,(H,29,34,35). The van der Waals surface area contributed by atoms with Crippen molar-refractivity contribution in [2.24, 2.45) is 7.05 Å². The summed E-state index contributed by atoms with van der Waals surface area (Å²) in [5, 5.41) is 8.74. The Balaban J connectivity index is 1.52. The van der Waals surface area contributed by atoms with Gasteiger partial charge in [-0.1, -0.05) is 18.2 Å². The van der Waals surface area contributed by atoms with Crippen molar-refractivity contribution >= 4 is 44.9 Å². The van der Waals surface area contributed by atoms with Gasteiger partial charge in [-0.2, -0.15) is 5.10 Å². The molecule has 2 amide bonds. The molecule has 5 aromatic rings. The molecule has 0 aliphatic carbocycles. The molecule has 1 aliphatic rings. The Morgan fingerprint density at radius 2 is 1.80 bits per heavy atom. The smallest absolute Gasteiger partial charge is 0.261 e. The number of benzene rings is 1. The number of amides is 2. The molecule has 0 atom stereocenters.